The first-order chi connectivity index (χ1) is 3.41. The highest BCUT2D eigenvalue weighted by Gasteiger charge is 1.82. The molecule has 0 spiro atoms. The van der Waals surface area contributed by atoms with Gasteiger partial charge < -0.3 is 4.74 Å². The molecule has 0 amide bonds. The quantitative estimate of drug-likeness (QED) is 0.311. The third-order valence-electron chi connectivity index (χ3n) is 0.732. The highest BCUT2D eigenvalue weighted by Crippen LogP contribution is 1.80. The lowest BCUT2D eigenvalue weighted by atomic mass is 10.9. The summed E-state index contributed by atoms with van der Waals surface area (Å²) in [4.78, 5) is 0. The van der Waals surface area contributed by atoms with Crippen LogP contribution in [0.2, 0.25) is 6.04 Å². The molecule has 0 saturated carbocycles. The van der Waals surface area contributed by atoms with Crippen molar-refractivity contribution >= 4 is 21.1 Å². The van der Waals surface area contributed by atoms with Crippen LogP contribution in [0.4, 0.5) is 0 Å². The molecule has 0 aromatic carbocycles. The lowest BCUT2D eigenvalue weighted by Crippen LogP contribution is -1.96. The summed E-state index contributed by atoms with van der Waals surface area (Å²) in [6, 6.07) is 1.22. The zero-order valence-electron chi connectivity index (χ0n) is 4.61. The molecule has 0 saturated heterocycles. The zero-order chi connectivity index (χ0) is 5.54. The van der Waals surface area contributed by atoms with Crippen molar-refractivity contribution in [2.24, 2.45) is 0 Å². The molecule has 0 aromatic rings. The van der Waals surface area contributed by atoms with Crippen molar-refractivity contribution in [1.29, 1.82) is 0 Å². The highest BCUT2D eigenvalue weighted by molar-refractivity contribution is 6.50. The van der Waals surface area contributed by atoms with Gasteiger partial charge in [0.2, 0.25) is 0 Å². The van der Waals surface area contributed by atoms with E-state index in [1.165, 1.54) is 6.04 Å². The van der Waals surface area contributed by atoms with Gasteiger partial charge in [0.25, 0.3) is 0 Å². The van der Waals surface area contributed by atoms with E-state index in [1.54, 1.807) is 7.11 Å². The predicted molar refractivity (Wildman–Crippen MR) is 35.9 cm³/mol. The Kier molecular flexibility index (Phi) is 6.90. The fraction of sp³-hybridized carbons (Fsp3) is 1.00. The second-order valence-corrected chi connectivity index (χ2v) is 4.31. The average molecular weight is 139 g/mol. The molecule has 0 aliphatic carbocycles. The second kappa shape index (κ2) is 6.47. The molecule has 0 heterocycles. The third-order valence-corrected chi connectivity index (χ3v) is 2.59. The van der Waals surface area contributed by atoms with Gasteiger partial charge in [0.1, 0.15) is 0 Å². The van der Waals surface area contributed by atoms with Gasteiger partial charge in [-0.15, -0.1) is 11.6 Å². The molecule has 0 bridgehead atoms. The molecule has 44 valence electrons. The van der Waals surface area contributed by atoms with Gasteiger partial charge in [0.15, 0.2) is 0 Å². The van der Waals surface area contributed by atoms with Gasteiger partial charge >= 0.3 is 0 Å². The average Bonchev–Trinajstić information content (AvgIpc) is 1.69. The Morgan fingerprint density at radius 3 is 2.86 bits per heavy atom. The Bertz CT molecular complexity index is 30.9. The van der Waals surface area contributed by atoms with Crippen molar-refractivity contribution in [3.8, 4) is 0 Å². The lowest BCUT2D eigenvalue weighted by Gasteiger charge is -1.91. The summed E-state index contributed by atoms with van der Waals surface area (Å²) in [5.74, 6) is 0. The molecule has 0 N–H and O–H groups in total. The Morgan fingerprint density at radius 2 is 2.43 bits per heavy atom. The predicted octanol–water partition coefficient (Wildman–Crippen LogP) is 0.416. The first-order valence-electron chi connectivity index (χ1n) is 2.46. The van der Waals surface area contributed by atoms with Crippen LogP contribution in [0, 0.1) is 0 Å². The summed E-state index contributed by atoms with van der Waals surface area (Å²) in [6.07, 6.45) is 0. The van der Waals surface area contributed by atoms with E-state index >= 15 is 0 Å². The molecule has 0 atom stereocenters. The minimum Gasteiger partial charge on any atom is -0.385 e. The number of methoxy groups -OCH3 is 1. The van der Waals surface area contributed by atoms with Crippen molar-refractivity contribution in [3.05, 3.63) is 0 Å². The van der Waals surface area contributed by atoms with Gasteiger partial charge in [-0.3, -0.25) is 0 Å². The van der Waals surface area contributed by atoms with Crippen LogP contribution in [0.25, 0.3) is 0 Å². The maximum atomic E-state index is 5.44. The fourth-order valence-corrected chi connectivity index (χ4v) is 1.59. The van der Waals surface area contributed by atoms with Crippen LogP contribution in [0.15, 0.2) is 0 Å². The maximum absolute atomic E-state index is 5.44. The van der Waals surface area contributed by atoms with E-state index in [1.807, 2.05) is 0 Å². The standard InChI is InChI=1S/C4H11ClOSi/c1-6-2-3-7-4-5/h2-4,7H2,1H3. The van der Waals surface area contributed by atoms with Gasteiger partial charge in [-0.25, -0.2) is 0 Å². The molecule has 1 nitrogen and oxygen atoms in total. The van der Waals surface area contributed by atoms with Gasteiger partial charge in [-0.2, -0.15) is 0 Å². The normalized spacial score (nSPS) is 11.1. The van der Waals surface area contributed by atoms with Crippen LogP contribution >= 0.6 is 11.6 Å². The summed E-state index contributed by atoms with van der Waals surface area (Å²) >= 11 is 5.44. The Hall–Kier alpha value is 0.467. The van der Waals surface area contributed by atoms with Crippen LogP contribution in [0.1, 0.15) is 0 Å². The van der Waals surface area contributed by atoms with E-state index < -0.39 is 0 Å². The fourth-order valence-electron chi connectivity index (χ4n) is 0.341. The number of ether oxygens (including phenoxy) is 1. The van der Waals surface area contributed by atoms with Crippen molar-refractivity contribution in [3.63, 3.8) is 0 Å². The Balaban J connectivity index is 2.45. The van der Waals surface area contributed by atoms with Crippen molar-refractivity contribution in [1.82, 2.24) is 0 Å². The third kappa shape index (κ3) is 6.47. The van der Waals surface area contributed by atoms with E-state index in [9.17, 15) is 0 Å². The van der Waals surface area contributed by atoms with Gasteiger partial charge in [0, 0.05) is 28.7 Å². The SMILES string of the molecule is COCC[SiH2]CCl. The summed E-state index contributed by atoms with van der Waals surface area (Å²) in [5.41, 5.74) is 0.892. The largest absolute Gasteiger partial charge is 0.385 e. The van der Waals surface area contributed by atoms with E-state index in [-0.39, 0.29) is 9.52 Å². The molecule has 0 fully saturated rings. The molecule has 0 aromatic heterocycles. The minimum atomic E-state index is 0.0511. The van der Waals surface area contributed by atoms with Gasteiger partial charge in [-0.05, 0) is 6.04 Å². The molecule has 7 heavy (non-hydrogen) atoms. The number of hydrogen-bond acceptors (Lipinski definition) is 1. The topological polar surface area (TPSA) is 9.23 Å². The minimum absolute atomic E-state index is 0.0511. The Labute approximate surface area is 51.8 Å². The van der Waals surface area contributed by atoms with Gasteiger partial charge in [-0.1, -0.05) is 0 Å². The number of hydrogen-bond donors (Lipinski definition) is 0. The molecule has 0 rings (SSSR count). The van der Waals surface area contributed by atoms with Crippen LogP contribution in [0.3, 0.4) is 0 Å². The van der Waals surface area contributed by atoms with Crippen molar-refractivity contribution in [2.75, 3.05) is 19.2 Å². The summed E-state index contributed by atoms with van der Waals surface area (Å²) in [7, 11) is 1.78. The molecule has 0 unspecified atom stereocenters. The van der Waals surface area contributed by atoms with Crippen LogP contribution < -0.4 is 0 Å². The molecular weight excluding hydrogens is 128 g/mol. The van der Waals surface area contributed by atoms with E-state index in [4.69, 9.17) is 16.3 Å². The summed E-state index contributed by atoms with van der Waals surface area (Å²) < 4.78 is 4.82. The molecule has 0 aliphatic heterocycles. The first-order valence-corrected chi connectivity index (χ1v) is 5.00. The molecule has 3 heteroatoms. The number of alkyl halides is 1. The maximum Gasteiger partial charge on any atom is 0.0434 e. The van der Waals surface area contributed by atoms with Crippen LogP contribution in [0.5, 0.6) is 0 Å². The second-order valence-electron chi connectivity index (χ2n) is 1.39. The van der Waals surface area contributed by atoms with E-state index in [2.05, 4.69) is 0 Å². The molecule has 0 radical (unpaired) electrons. The summed E-state index contributed by atoms with van der Waals surface area (Å²) in [6.45, 7) is 0.902. The van der Waals surface area contributed by atoms with E-state index in [0.29, 0.717) is 0 Å². The monoisotopic (exact) mass is 138 g/mol. The number of rotatable bonds is 4. The van der Waals surface area contributed by atoms with Crippen LogP contribution in [-0.2, 0) is 4.74 Å². The summed E-state index contributed by atoms with van der Waals surface area (Å²) in [5, 5.41) is 0. The van der Waals surface area contributed by atoms with Gasteiger partial charge in [0.05, 0.1) is 0 Å². The zero-order valence-corrected chi connectivity index (χ0v) is 6.78. The lowest BCUT2D eigenvalue weighted by molar-refractivity contribution is 0.215. The van der Waals surface area contributed by atoms with Crippen LogP contribution in [-0.4, -0.2) is 28.7 Å². The molecular formula is C4H11ClOSi. The smallest absolute Gasteiger partial charge is 0.0434 e. The van der Waals surface area contributed by atoms with E-state index in [0.717, 1.165) is 12.1 Å². The van der Waals surface area contributed by atoms with Crippen molar-refractivity contribution in [2.45, 2.75) is 6.04 Å². The number of halogens is 1. The van der Waals surface area contributed by atoms with Crippen molar-refractivity contribution < 1.29 is 4.74 Å². The first kappa shape index (κ1) is 7.47. The highest BCUT2D eigenvalue weighted by atomic mass is 35.5. The Morgan fingerprint density at radius 1 is 1.71 bits per heavy atom. The molecule has 0 aliphatic rings.